The van der Waals surface area contributed by atoms with Crippen molar-refractivity contribution in [3.05, 3.63) is 85.0 Å². The minimum absolute atomic E-state index is 0.136. The number of rotatable bonds is 5. The number of hydrogen-bond donors (Lipinski definition) is 2. The fourth-order valence-electron chi connectivity index (χ4n) is 7.45. The molecular formula is C29H26BrN5O3S. The van der Waals surface area contributed by atoms with Gasteiger partial charge in [-0.1, -0.05) is 47.7 Å². The largest absolute Gasteiger partial charge is 0.493 e. The Morgan fingerprint density at radius 2 is 1.72 bits per heavy atom. The summed E-state index contributed by atoms with van der Waals surface area (Å²) in [6.07, 6.45) is 9.01. The van der Waals surface area contributed by atoms with E-state index in [1.165, 1.54) is 61.6 Å². The summed E-state index contributed by atoms with van der Waals surface area (Å²) in [6, 6.07) is 15.6. The summed E-state index contributed by atoms with van der Waals surface area (Å²) in [6.45, 7) is 0. The average molecular weight is 605 g/mol. The molecule has 4 fully saturated rings. The van der Waals surface area contributed by atoms with Crippen molar-refractivity contribution < 1.29 is 5.11 Å². The molecule has 2 N–H and O–H groups in total. The highest BCUT2D eigenvalue weighted by atomic mass is 79.9. The molecule has 2 heterocycles. The lowest BCUT2D eigenvalue weighted by molar-refractivity contribution is -0.00521. The lowest BCUT2D eigenvalue weighted by Crippen LogP contribution is -2.48. The zero-order valence-corrected chi connectivity index (χ0v) is 23.4. The van der Waals surface area contributed by atoms with Crippen molar-refractivity contribution >= 4 is 38.6 Å². The molecular weight excluding hydrogens is 578 g/mol. The second-order valence-electron chi connectivity index (χ2n) is 11.2. The van der Waals surface area contributed by atoms with Gasteiger partial charge in [-0.2, -0.15) is 0 Å². The molecule has 4 aromatic rings. The third kappa shape index (κ3) is 4.30. The van der Waals surface area contributed by atoms with Crippen LogP contribution in [0.15, 0.2) is 67.6 Å². The van der Waals surface area contributed by atoms with Gasteiger partial charge in [-0.05, 0) is 95.3 Å². The van der Waals surface area contributed by atoms with E-state index >= 15 is 0 Å². The van der Waals surface area contributed by atoms with Gasteiger partial charge in [0.25, 0.3) is 5.56 Å². The van der Waals surface area contributed by atoms with Crippen molar-refractivity contribution in [1.29, 1.82) is 0 Å². The Balaban J connectivity index is 1.22. The van der Waals surface area contributed by atoms with Gasteiger partial charge in [0.2, 0.25) is 11.0 Å². The average Bonchev–Trinajstić information content (AvgIpc) is 3.38. The fourth-order valence-corrected chi connectivity index (χ4v) is 8.70. The fraction of sp³-hybridized carbons (Fsp3) is 0.345. The third-order valence-electron chi connectivity index (χ3n) is 8.70. The van der Waals surface area contributed by atoms with Crippen molar-refractivity contribution in [3.8, 4) is 22.1 Å². The molecule has 4 bridgehead atoms. The molecule has 0 aliphatic heterocycles. The van der Waals surface area contributed by atoms with Gasteiger partial charge in [0, 0.05) is 16.3 Å². The van der Waals surface area contributed by atoms with Crippen molar-refractivity contribution in [2.45, 2.75) is 43.9 Å². The normalized spacial score (nSPS) is 25.5. The summed E-state index contributed by atoms with van der Waals surface area (Å²) in [5, 5.41) is 20.3. The number of nitrogens with zero attached hydrogens (tertiary/aromatic N) is 4. The Labute approximate surface area is 236 Å². The highest BCUT2D eigenvalue weighted by molar-refractivity contribution is 9.10. The van der Waals surface area contributed by atoms with Gasteiger partial charge in [-0.25, -0.2) is 14.4 Å². The highest BCUT2D eigenvalue weighted by Crippen LogP contribution is 2.61. The van der Waals surface area contributed by atoms with E-state index in [0.29, 0.717) is 20.3 Å². The Morgan fingerprint density at radius 1 is 1.03 bits per heavy atom. The minimum atomic E-state index is -0.730. The SMILES string of the molecule is O=c1[nH]c(=O)n(-c2ccc(C34CC5CC(CC(C5)C3)C4)cc2Br)c(O)c1C=Nc1nnc(-c2ccccc2)s1. The summed E-state index contributed by atoms with van der Waals surface area (Å²) < 4.78 is 1.80. The smallest absolute Gasteiger partial charge is 0.335 e. The third-order valence-corrected chi connectivity index (χ3v) is 10.2. The number of aliphatic imine (C=N–C) groups is 1. The molecule has 8 nitrogen and oxygen atoms in total. The zero-order valence-electron chi connectivity index (χ0n) is 21.0. The number of H-pyrrole nitrogens is 1. The van der Waals surface area contributed by atoms with Crippen LogP contribution in [0, 0.1) is 17.8 Å². The molecule has 0 radical (unpaired) electrons. The van der Waals surface area contributed by atoms with Crippen molar-refractivity contribution in [1.82, 2.24) is 19.7 Å². The van der Waals surface area contributed by atoms with Gasteiger partial charge in [-0.15, -0.1) is 10.2 Å². The van der Waals surface area contributed by atoms with Crippen LogP contribution in [-0.4, -0.2) is 31.1 Å². The van der Waals surface area contributed by atoms with E-state index in [2.05, 4.69) is 48.2 Å². The molecule has 0 atom stereocenters. The molecule has 4 aliphatic carbocycles. The molecule has 39 heavy (non-hydrogen) atoms. The number of halogens is 1. The molecule has 0 spiro atoms. The van der Waals surface area contributed by atoms with Gasteiger partial charge in [0.1, 0.15) is 10.6 Å². The molecule has 0 unspecified atom stereocenters. The molecule has 198 valence electrons. The monoisotopic (exact) mass is 603 g/mol. The lowest BCUT2D eigenvalue weighted by Gasteiger charge is -2.57. The molecule has 0 amide bonds. The van der Waals surface area contributed by atoms with Crippen LogP contribution in [0.1, 0.15) is 49.7 Å². The molecule has 10 heteroatoms. The predicted octanol–water partition coefficient (Wildman–Crippen LogP) is 5.73. The number of benzene rings is 2. The number of nitrogens with one attached hydrogen (secondary N) is 1. The lowest BCUT2D eigenvalue weighted by atomic mass is 9.48. The second kappa shape index (κ2) is 9.38. The highest BCUT2D eigenvalue weighted by Gasteiger charge is 2.51. The molecule has 8 rings (SSSR count). The molecule has 4 aliphatic rings. The van der Waals surface area contributed by atoms with Crippen LogP contribution in [0.3, 0.4) is 0 Å². The Bertz CT molecular complexity index is 1690. The first-order chi connectivity index (χ1) is 18.9. The number of aromatic amines is 1. The van der Waals surface area contributed by atoms with Crippen LogP contribution in [0.4, 0.5) is 5.13 Å². The van der Waals surface area contributed by atoms with E-state index < -0.39 is 17.1 Å². The van der Waals surface area contributed by atoms with Crippen LogP contribution >= 0.6 is 27.3 Å². The van der Waals surface area contributed by atoms with E-state index in [0.717, 1.165) is 27.9 Å². The van der Waals surface area contributed by atoms with Gasteiger partial charge in [0.15, 0.2) is 0 Å². The van der Waals surface area contributed by atoms with Crippen LogP contribution in [-0.2, 0) is 5.41 Å². The standard InChI is InChI=1S/C29H26BrN5O3S/c30-22-11-20(29-12-16-8-17(13-29)10-18(9-16)14-29)6-7-23(22)35-26(37)21(24(36)32-28(35)38)15-31-27-34-33-25(39-27)19-4-2-1-3-5-19/h1-7,11,15-18,37H,8-10,12-14H2,(H,32,36,38). The molecule has 2 aromatic carbocycles. The maximum atomic E-state index is 12.9. The summed E-state index contributed by atoms with van der Waals surface area (Å²) in [5.41, 5.74) is 1.27. The van der Waals surface area contributed by atoms with Gasteiger partial charge in [-0.3, -0.25) is 9.78 Å². The van der Waals surface area contributed by atoms with Gasteiger partial charge in [0.05, 0.1) is 5.69 Å². The second-order valence-corrected chi connectivity index (χ2v) is 13.0. The van der Waals surface area contributed by atoms with Gasteiger partial charge >= 0.3 is 5.69 Å². The van der Waals surface area contributed by atoms with E-state index in [4.69, 9.17) is 0 Å². The number of hydrogen-bond acceptors (Lipinski definition) is 7. The predicted molar refractivity (Wildman–Crippen MR) is 154 cm³/mol. The quantitative estimate of drug-likeness (QED) is 0.283. The Hall–Kier alpha value is -3.37. The van der Waals surface area contributed by atoms with Crippen LogP contribution in [0.25, 0.3) is 16.3 Å². The summed E-state index contributed by atoms with van der Waals surface area (Å²) in [4.78, 5) is 32.1. The maximum Gasteiger partial charge on any atom is 0.335 e. The molecule has 0 saturated heterocycles. The summed E-state index contributed by atoms with van der Waals surface area (Å²) >= 11 is 4.92. The Kier molecular flexibility index (Phi) is 5.93. The summed E-state index contributed by atoms with van der Waals surface area (Å²) in [5.74, 6) is 1.97. The number of aromatic hydroxyl groups is 1. The topological polar surface area (TPSA) is 113 Å². The van der Waals surface area contributed by atoms with Crippen molar-refractivity contribution in [2.24, 2.45) is 22.7 Å². The van der Waals surface area contributed by atoms with Gasteiger partial charge < -0.3 is 5.11 Å². The van der Waals surface area contributed by atoms with Crippen molar-refractivity contribution in [2.75, 3.05) is 0 Å². The maximum absolute atomic E-state index is 12.9. The molecule has 2 aromatic heterocycles. The van der Waals surface area contributed by atoms with Crippen LogP contribution in [0.5, 0.6) is 5.88 Å². The van der Waals surface area contributed by atoms with Crippen molar-refractivity contribution in [3.63, 3.8) is 0 Å². The molecule has 4 saturated carbocycles. The van der Waals surface area contributed by atoms with Crippen LogP contribution < -0.4 is 11.2 Å². The number of aromatic nitrogens is 4. The first kappa shape index (κ1) is 24.7. The van der Waals surface area contributed by atoms with E-state index in [-0.39, 0.29) is 11.0 Å². The van der Waals surface area contributed by atoms with Crippen LogP contribution in [0.2, 0.25) is 0 Å². The minimum Gasteiger partial charge on any atom is -0.493 e. The first-order valence-corrected chi connectivity index (χ1v) is 14.8. The Morgan fingerprint density at radius 3 is 2.38 bits per heavy atom. The first-order valence-electron chi connectivity index (χ1n) is 13.2. The van der Waals surface area contributed by atoms with E-state index in [9.17, 15) is 14.7 Å². The van der Waals surface area contributed by atoms with E-state index in [1.807, 2.05) is 36.4 Å². The summed E-state index contributed by atoms with van der Waals surface area (Å²) in [7, 11) is 0. The van der Waals surface area contributed by atoms with E-state index in [1.54, 1.807) is 0 Å². The zero-order chi connectivity index (χ0) is 26.7.